The first-order valence-electron chi connectivity index (χ1n) is 34.1. The second-order valence-corrected chi connectivity index (χ2v) is 28.6. The van der Waals surface area contributed by atoms with E-state index < -0.39 is 155 Å². The molecule has 2 aliphatic rings. The Morgan fingerprint density at radius 3 is 1.51 bits per heavy atom. The van der Waals surface area contributed by atoms with Crippen LogP contribution in [0.1, 0.15) is 156 Å². The lowest BCUT2D eigenvalue weighted by molar-refractivity contribution is -0.209. The Kier molecular flexibility index (Phi) is 34.3. The number of amides is 11. The Balaban J connectivity index is 3.13. The smallest absolute Gasteiger partial charge is 0.276 e. The minimum atomic E-state index is -2.23. The standard InChI is InChI=1S/C68H123N13O13/c1-25-27-28-46(15)57(83)56-61(87)72-49(26-2)63(89)74(18)39-54(82)75(19)50(35-40(3)4)60(86)73-55(44(11)12)66(92)76(20)51(36-41(5)6)59(85)70-47(16)58(84)71-48(17)62(88)77(21)52(37-42(7)8)64(90)78(22)53(38-43(9)10)65(91)80(24)68(45(13)14,67(93)79(56)23)94-34-33-81-31-29-69-30-32-81/h25,27,40-53,55-57,69,83H,26,28-39H2,1-24H3,(H,70,85)(H,71,84)(H,72,87)(H,73,86)/b27-25+/t46-,47+,48-,49+,50+,51+,52+,53+,55+,56+,57-,68+/m1/s1. The van der Waals surface area contributed by atoms with E-state index >= 15 is 19.2 Å². The van der Waals surface area contributed by atoms with Crippen LogP contribution in [0.15, 0.2) is 12.2 Å². The summed E-state index contributed by atoms with van der Waals surface area (Å²) < 4.78 is 6.88. The molecule has 0 aliphatic carbocycles. The van der Waals surface area contributed by atoms with Crippen molar-refractivity contribution in [3.05, 3.63) is 12.2 Å². The van der Waals surface area contributed by atoms with E-state index in [4.69, 9.17) is 4.74 Å². The number of aliphatic hydroxyl groups is 1. The summed E-state index contributed by atoms with van der Waals surface area (Å²) in [6.07, 6.45) is 2.77. The van der Waals surface area contributed by atoms with Gasteiger partial charge < -0.3 is 70.7 Å². The van der Waals surface area contributed by atoms with Crippen LogP contribution in [0, 0.1) is 41.4 Å². The lowest BCUT2D eigenvalue weighted by atomic mass is 9.89. The van der Waals surface area contributed by atoms with Gasteiger partial charge in [0.25, 0.3) is 5.91 Å². The third-order valence-corrected chi connectivity index (χ3v) is 18.3. The van der Waals surface area contributed by atoms with Gasteiger partial charge in [0.05, 0.1) is 19.3 Å². The molecule has 0 aromatic rings. The van der Waals surface area contributed by atoms with E-state index in [-0.39, 0.29) is 68.8 Å². The second kappa shape index (κ2) is 38.5. The number of carbonyl (C=O) groups excluding carboxylic acids is 11. The highest BCUT2D eigenvalue weighted by Crippen LogP contribution is 2.33. The molecule has 0 bridgehead atoms. The Morgan fingerprint density at radius 2 is 1.02 bits per heavy atom. The van der Waals surface area contributed by atoms with E-state index in [1.807, 2.05) is 61.5 Å². The van der Waals surface area contributed by atoms with Crippen LogP contribution < -0.4 is 26.6 Å². The topological polar surface area (TPSA) is 303 Å². The van der Waals surface area contributed by atoms with E-state index in [1.165, 1.54) is 87.7 Å². The summed E-state index contributed by atoms with van der Waals surface area (Å²) in [4.78, 5) is 174. The number of aliphatic hydroxyl groups excluding tert-OH is 1. The molecule has 0 spiro atoms. The molecule has 0 radical (unpaired) electrons. The zero-order valence-corrected chi connectivity index (χ0v) is 61.6. The number of allylic oxidation sites excluding steroid dienone is 2. The summed E-state index contributed by atoms with van der Waals surface area (Å²) in [5.74, 6) is -10.6. The van der Waals surface area contributed by atoms with Crippen LogP contribution in [0.4, 0.5) is 0 Å². The number of likely N-dealkylation sites (N-methyl/N-ethyl adjacent to an activating group) is 7. The van der Waals surface area contributed by atoms with Crippen molar-refractivity contribution in [1.82, 2.24) is 65.8 Å². The van der Waals surface area contributed by atoms with Gasteiger partial charge in [-0.3, -0.25) is 57.6 Å². The zero-order valence-electron chi connectivity index (χ0n) is 61.6. The van der Waals surface area contributed by atoms with Gasteiger partial charge in [-0.1, -0.05) is 109 Å². The van der Waals surface area contributed by atoms with Crippen LogP contribution in [0.25, 0.3) is 0 Å². The normalized spacial score (nSPS) is 27.5. The second-order valence-electron chi connectivity index (χ2n) is 28.6. The van der Waals surface area contributed by atoms with E-state index in [0.29, 0.717) is 32.7 Å². The summed E-state index contributed by atoms with van der Waals surface area (Å²) in [5.41, 5.74) is -2.23. The van der Waals surface area contributed by atoms with Gasteiger partial charge in [-0.05, 0) is 94.8 Å². The molecule has 6 N–H and O–H groups in total. The minimum absolute atomic E-state index is 0.00843. The van der Waals surface area contributed by atoms with Gasteiger partial charge in [0.2, 0.25) is 64.8 Å². The highest BCUT2D eigenvalue weighted by atomic mass is 16.5. The zero-order chi connectivity index (χ0) is 72.1. The average Bonchev–Trinajstić information content (AvgIpc) is 0.758. The Hall–Kier alpha value is -6.25. The summed E-state index contributed by atoms with van der Waals surface area (Å²) in [6.45, 7) is 32.3. The Labute approximate surface area is 562 Å². The molecule has 0 unspecified atom stereocenters. The molecule has 2 aliphatic heterocycles. The molecule has 2 saturated heterocycles. The number of ether oxygens (including phenoxy) is 1. The third kappa shape index (κ3) is 22.7. The SMILES string of the molecule is C/C=C/C[C@@H](C)[C@@H](O)[C@H]1C(=O)N[C@@H](CC)C(=O)N(C)CC(=O)N(C)[C@@H](CC(C)C)C(=O)N[C@@H](C(C)C)C(=O)N(C)[C@@H](CC(C)C)C(=O)N[C@@H](C)C(=O)N[C@H](C)C(=O)N(C)[C@@H](CC(C)C)C(=O)N(C)[C@@H](CC(C)C)C(=O)N(C)[C@](OCCN2CCNCC2)(C(C)C)C(=O)N1C. The quantitative estimate of drug-likeness (QED) is 0.101. The van der Waals surface area contributed by atoms with Crippen molar-refractivity contribution >= 4 is 65.0 Å². The van der Waals surface area contributed by atoms with Crippen molar-refractivity contribution in [3.8, 4) is 0 Å². The molecule has 0 saturated carbocycles. The fourth-order valence-electron chi connectivity index (χ4n) is 12.2. The van der Waals surface area contributed by atoms with Crippen molar-refractivity contribution in [2.45, 2.75) is 222 Å². The first-order valence-corrected chi connectivity index (χ1v) is 34.1. The molecule has 538 valence electrons. The van der Waals surface area contributed by atoms with Crippen LogP contribution in [0.3, 0.4) is 0 Å². The number of hydrogen-bond donors (Lipinski definition) is 6. The number of carbonyl (C=O) groups is 11. The van der Waals surface area contributed by atoms with E-state index in [2.05, 4.69) is 31.5 Å². The highest BCUT2D eigenvalue weighted by molar-refractivity contribution is 6.00. The molecule has 11 amide bonds. The molecular formula is C68H123N13O13. The molecule has 0 aromatic carbocycles. The van der Waals surface area contributed by atoms with Crippen molar-refractivity contribution in [1.29, 1.82) is 0 Å². The van der Waals surface area contributed by atoms with Gasteiger partial charge in [-0.2, -0.15) is 0 Å². The number of nitrogens with one attached hydrogen (secondary N) is 5. The van der Waals surface area contributed by atoms with Crippen molar-refractivity contribution in [2.75, 3.05) is 95.2 Å². The maximum atomic E-state index is 16.2. The highest BCUT2D eigenvalue weighted by Gasteiger charge is 2.55. The summed E-state index contributed by atoms with van der Waals surface area (Å²) in [6, 6.07) is -11.5. The fourth-order valence-corrected chi connectivity index (χ4v) is 12.2. The monoisotopic (exact) mass is 1330 g/mol. The maximum Gasteiger partial charge on any atom is 0.276 e. The Bertz CT molecular complexity index is 2580. The molecular weight excluding hydrogens is 1210 g/mol. The third-order valence-electron chi connectivity index (χ3n) is 18.3. The molecule has 26 heteroatoms. The van der Waals surface area contributed by atoms with Gasteiger partial charge in [-0.25, -0.2) is 0 Å². The first-order chi connectivity index (χ1) is 43.7. The average molecular weight is 1330 g/mol. The van der Waals surface area contributed by atoms with E-state index in [0.717, 1.165) is 9.80 Å². The lowest BCUT2D eigenvalue weighted by Crippen LogP contribution is -2.70. The first kappa shape index (κ1) is 83.8. The van der Waals surface area contributed by atoms with Crippen LogP contribution in [-0.4, -0.2) is 271 Å². The van der Waals surface area contributed by atoms with Crippen molar-refractivity contribution < 1.29 is 62.6 Å². The van der Waals surface area contributed by atoms with Gasteiger partial charge in [0.1, 0.15) is 54.4 Å². The van der Waals surface area contributed by atoms with Gasteiger partial charge >= 0.3 is 0 Å². The fraction of sp³-hybridized carbons (Fsp3) is 0.809. The molecule has 0 aromatic heterocycles. The van der Waals surface area contributed by atoms with E-state index in [9.17, 15) is 38.7 Å². The van der Waals surface area contributed by atoms with Crippen molar-refractivity contribution in [2.24, 2.45) is 41.4 Å². The number of rotatable bonds is 19. The Morgan fingerprint density at radius 1 is 0.553 bits per heavy atom. The van der Waals surface area contributed by atoms with Gasteiger partial charge in [0.15, 0.2) is 0 Å². The number of hydrogen-bond acceptors (Lipinski definition) is 15. The largest absolute Gasteiger partial charge is 0.390 e. The summed E-state index contributed by atoms with van der Waals surface area (Å²) >= 11 is 0. The number of piperazine rings is 1. The van der Waals surface area contributed by atoms with Crippen LogP contribution in [0.2, 0.25) is 0 Å². The summed E-state index contributed by atoms with van der Waals surface area (Å²) in [5, 5.41) is 26.9. The predicted molar refractivity (Wildman–Crippen MR) is 363 cm³/mol. The summed E-state index contributed by atoms with van der Waals surface area (Å²) in [7, 11) is 9.88. The van der Waals surface area contributed by atoms with Gasteiger partial charge in [-0.15, -0.1) is 0 Å². The molecule has 2 heterocycles. The molecule has 12 atom stereocenters. The molecule has 2 rings (SSSR count). The van der Waals surface area contributed by atoms with Gasteiger partial charge in [0, 0.05) is 88.0 Å². The van der Waals surface area contributed by atoms with Crippen LogP contribution >= 0.6 is 0 Å². The maximum absolute atomic E-state index is 16.2. The predicted octanol–water partition coefficient (Wildman–Crippen LogP) is 2.52. The number of nitrogens with zero attached hydrogens (tertiary/aromatic N) is 8. The van der Waals surface area contributed by atoms with E-state index in [1.54, 1.807) is 54.5 Å². The molecule has 94 heavy (non-hydrogen) atoms. The molecule has 2 fully saturated rings. The van der Waals surface area contributed by atoms with Crippen molar-refractivity contribution in [3.63, 3.8) is 0 Å². The minimum Gasteiger partial charge on any atom is -0.390 e. The van der Waals surface area contributed by atoms with Crippen LogP contribution in [0.5, 0.6) is 0 Å². The lowest BCUT2D eigenvalue weighted by Gasteiger charge is -2.48. The van der Waals surface area contributed by atoms with Crippen LogP contribution in [-0.2, 0) is 57.5 Å². The molecule has 26 nitrogen and oxygen atoms in total.